The molecule has 0 saturated heterocycles. The second kappa shape index (κ2) is 6.79. The highest BCUT2D eigenvalue weighted by molar-refractivity contribution is 6.32. The van der Waals surface area contributed by atoms with E-state index in [2.05, 4.69) is 10.5 Å². The zero-order valence-electron chi connectivity index (χ0n) is 12.5. The maximum Gasteiger partial charge on any atom is 0.0847 e. The highest BCUT2D eigenvalue weighted by atomic mass is 35.5. The lowest BCUT2D eigenvalue weighted by Gasteiger charge is -2.19. The molecule has 0 aliphatic rings. The molecule has 4 nitrogen and oxygen atoms in total. The predicted octanol–water partition coefficient (Wildman–Crippen LogP) is 3.57. The van der Waals surface area contributed by atoms with Crippen LogP contribution in [-0.2, 0) is 13.0 Å². The van der Waals surface area contributed by atoms with E-state index < -0.39 is 0 Å². The summed E-state index contributed by atoms with van der Waals surface area (Å²) in [7, 11) is 0. The minimum absolute atomic E-state index is 0.115. The Balaban J connectivity index is 2.38. The Morgan fingerprint density at radius 3 is 2.62 bits per heavy atom. The van der Waals surface area contributed by atoms with E-state index in [0.29, 0.717) is 11.4 Å². The summed E-state index contributed by atoms with van der Waals surface area (Å²) in [6, 6.07) is 5.82. The van der Waals surface area contributed by atoms with Crippen LogP contribution in [0.4, 0.5) is 0 Å². The summed E-state index contributed by atoms with van der Waals surface area (Å²) in [5.74, 6) is 5.74. The molecule has 0 bridgehead atoms. The summed E-state index contributed by atoms with van der Waals surface area (Å²) in [4.78, 5) is 0. The highest BCUT2D eigenvalue weighted by Gasteiger charge is 2.20. The first-order valence-electron chi connectivity index (χ1n) is 6.92. The van der Waals surface area contributed by atoms with Crippen molar-refractivity contribution in [2.45, 2.75) is 39.8 Å². The van der Waals surface area contributed by atoms with Crippen LogP contribution in [0.3, 0.4) is 0 Å². The van der Waals surface area contributed by atoms with Gasteiger partial charge in [0.15, 0.2) is 0 Å². The van der Waals surface area contributed by atoms with Gasteiger partial charge >= 0.3 is 0 Å². The van der Waals surface area contributed by atoms with E-state index in [-0.39, 0.29) is 6.04 Å². The molecule has 1 aromatic carbocycles. The average molecular weight is 327 g/mol. The van der Waals surface area contributed by atoms with Crippen LogP contribution >= 0.6 is 23.2 Å². The van der Waals surface area contributed by atoms with Gasteiger partial charge in [0.25, 0.3) is 0 Å². The Labute approximate surface area is 135 Å². The largest absolute Gasteiger partial charge is 0.271 e. The summed E-state index contributed by atoms with van der Waals surface area (Å²) >= 11 is 12.8. The number of aromatic nitrogens is 2. The summed E-state index contributed by atoms with van der Waals surface area (Å²) in [6.07, 6.45) is 0.632. The number of hydrazine groups is 1. The topological polar surface area (TPSA) is 55.9 Å². The molecule has 0 radical (unpaired) electrons. The van der Waals surface area contributed by atoms with Gasteiger partial charge < -0.3 is 0 Å². The van der Waals surface area contributed by atoms with Gasteiger partial charge in [-0.1, -0.05) is 41.4 Å². The minimum atomic E-state index is -0.115. The Morgan fingerprint density at radius 1 is 1.29 bits per heavy atom. The third kappa shape index (κ3) is 3.24. The summed E-state index contributed by atoms with van der Waals surface area (Å²) in [5, 5.41) is 5.86. The van der Waals surface area contributed by atoms with Crippen LogP contribution in [0.5, 0.6) is 0 Å². The first kappa shape index (κ1) is 16.3. The van der Waals surface area contributed by atoms with Crippen LogP contribution in [0.2, 0.25) is 10.0 Å². The van der Waals surface area contributed by atoms with E-state index >= 15 is 0 Å². The van der Waals surface area contributed by atoms with Crippen molar-refractivity contribution in [3.8, 4) is 0 Å². The van der Waals surface area contributed by atoms with E-state index in [1.807, 2.05) is 43.7 Å². The molecular formula is C15H20Cl2N4. The lowest BCUT2D eigenvalue weighted by atomic mass is 10.00. The maximum absolute atomic E-state index is 6.40. The van der Waals surface area contributed by atoms with Crippen LogP contribution in [0.15, 0.2) is 18.2 Å². The van der Waals surface area contributed by atoms with Crippen molar-refractivity contribution in [3.05, 3.63) is 50.8 Å². The van der Waals surface area contributed by atoms with E-state index in [1.165, 1.54) is 0 Å². The summed E-state index contributed by atoms with van der Waals surface area (Å²) in [5.41, 5.74) is 6.64. The Kier molecular flexibility index (Phi) is 5.27. The van der Waals surface area contributed by atoms with Gasteiger partial charge in [-0.2, -0.15) is 5.10 Å². The normalized spacial score (nSPS) is 12.7. The van der Waals surface area contributed by atoms with Crippen molar-refractivity contribution in [1.82, 2.24) is 15.2 Å². The highest BCUT2D eigenvalue weighted by Crippen LogP contribution is 2.30. The first-order chi connectivity index (χ1) is 9.99. The van der Waals surface area contributed by atoms with Crippen LogP contribution < -0.4 is 11.3 Å². The molecule has 0 saturated carbocycles. The predicted molar refractivity (Wildman–Crippen MR) is 87.6 cm³/mol. The molecule has 21 heavy (non-hydrogen) atoms. The standard InChI is InChI=1S/C15H20Cl2N4/c1-4-21-13(15(17)10(3)20-21)8-12(19-18)11-7-5-6-9(2)14(11)16/h5-7,12,19H,4,8,18H2,1-3H3. The van der Waals surface area contributed by atoms with Crippen LogP contribution in [-0.4, -0.2) is 9.78 Å². The van der Waals surface area contributed by atoms with E-state index in [0.717, 1.165) is 34.1 Å². The number of benzene rings is 1. The second-order valence-electron chi connectivity index (χ2n) is 5.06. The van der Waals surface area contributed by atoms with Gasteiger partial charge in [-0.3, -0.25) is 16.0 Å². The number of nitrogens with two attached hydrogens (primary N) is 1. The number of nitrogens with one attached hydrogen (secondary N) is 1. The molecule has 0 fully saturated rings. The lowest BCUT2D eigenvalue weighted by molar-refractivity contribution is 0.517. The molecule has 0 aliphatic heterocycles. The van der Waals surface area contributed by atoms with Crippen LogP contribution in [0, 0.1) is 13.8 Å². The molecule has 3 N–H and O–H groups in total. The third-order valence-corrected chi connectivity index (χ3v) is 4.66. The van der Waals surface area contributed by atoms with E-state index in [9.17, 15) is 0 Å². The summed E-state index contributed by atoms with van der Waals surface area (Å²) < 4.78 is 1.91. The van der Waals surface area contributed by atoms with E-state index in [4.69, 9.17) is 29.0 Å². The van der Waals surface area contributed by atoms with Gasteiger partial charge in [0.05, 0.1) is 22.5 Å². The average Bonchev–Trinajstić information content (AvgIpc) is 2.75. The van der Waals surface area contributed by atoms with Gasteiger partial charge in [0, 0.05) is 18.0 Å². The fraction of sp³-hybridized carbons (Fsp3) is 0.400. The van der Waals surface area contributed by atoms with Gasteiger partial charge in [0.1, 0.15) is 0 Å². The molecular weight excluding hydrogens is 307 g/mol. The number of rotatable bonds is 5. The van der Waals surface area contributed by atoms with Crippen molar-refractivity contribution >= 4 is 23.2 Å². The number of nitrogens with zero attached hydrogens (tertiary/aromatic N) is 2. The quantitative estimate of drug-likeness (QED) is 0.652. The maximum atomic E-state index is 6.40. The summed E-state index contributed by atoms with van der Waals surface area (Å²) in [6.45, 7) is 6.69. The molecule has 1 aromatic heterocycles. The van der Waals surface area contributed by atoms with Crippen molar-refractivity contribution in [2.75, 3.05) is 0 Å². The third-order valence-electron chi connectivity index (χ3n) is 3.65. The van der Waals surface area contributed by atoms with Crippen LogP contribution in [0.25, 0.3) is 0 Å². The molecule has 0 amide bonds. The minimum Gasteiger partial charge on any atom is -0.271 e. The SMILES string of the molecule is CCn1nc(C)c(Cl)c1CC(NN)c1cccc(C)c1Cl. The molecule has 0 spiro atoms. The number of halogens is 2. The van der Waals surface area contributed by atoms with Crippen molar-refractivity contribution in [2.24, 2.45) is 5.84 Å². The first-order valence-corrected chi connectivity index (χ1v) is 7.68. The molecule has 2 rings (SSSR count). The smallest absolute Gasteiger partial charge is 0.0847 e. The Bertz CT molecular complexity index is 637. The van der Waals surface area contributed by atoms with Crippen molar-refractivity contribution in [1.29, 1.82) is 0 Å². The molecule has 1 atom stereocenters. The van der Waals surface area contributed by atoms with Crippen LogP contribution in [0.1, 0.15) is 35.5 Å². The van der Waals surface area contributed by atoms with Crippen molar-refractivity contribution < 1.29 is 0 Å². The van der Waals surface area contributed by atoms with E-state index in [1.54, 1.807) is 0 Å². The molecule has 0 aliphatic carbocycles. The zero-order valence-corrected chi connectivity index (χ0v) is 14.0. The molecule has 1 heterocycles. The Morgan fingerprint density at radius 2 is 2.00 bits per heavy atom. The fourth-order valence-corrected chi connectivity index (χ4v) is 2.93. The monoisotopic (exact) mass is 326 g/mol. The number of hydrogen-bond donors (Lipinski definition) is 2. The zero-order chi connectivity index (χ0) is 15.6. The Hall–Kier alpha value is -1.07. The number of hydrogen-bond acceptors (Lipinski definition) is 3. The molecule has 6 heteroatoms. The molecule has 2 aromatic rings. The van der Waals surface area contributed by atoms with Gasteiger partial charge in [-0.25, -0.2) is 0 Å². The second-order valence-corrected chi connectivity index (χ2v) is 5.82. The molecule has 1 unspecified atom stereocenters. The fourth-order valence-electron chi connectivity index (χ4n) is 2.46. The van der Waals surface area contributed by atoms with Crippen molar-refractivity contribution in [3.63, 3.8) is 0 Å². The lowest BCUT2D eigenvalue weighted by Crippen LogP contribution is -2.30. The van der Waals surface area contributed by atoms with Gasteiger partial charge in [-0.15, -0.1) is 0 Å². The number of aryl methyl sites for hydroxylation is 3. The van der Waals surface area contributed by atoms with Gasteiger partial charge in [0.2, 0.25) is 0 Å². The molecule has 114 valence electrons. The van der Waals surface area contributed by atoms with Gasteiger partial charge in [-0.05, 0) is 31.9 Å².